The number of carbonyl (C=O) groups is 1. The predicted octanol–water partition coefficient (Wildman–Crippen LogP) is 3.26. The molecule has 2 saturated carbocycles. The number of alkyl halides is 3. The maximum absolute atomic E-state index is 12.8. The Morgan fingerprint density at radius 1 is 1.28 bits per heavy atom. The summed E-state index contributed by atoms with van der Waals surface area (Å²) in [5.41, 5.74) is 0. The first-order chi connectivity index (χ1) is 11.7. The zero-order chi connectivity index (χ0) is 18.4. The van der Waals surface area contributed by atoms with E-state index >= 15 is 0 Å². The van der Waals surface area contributed by atoms with E-state index < -0.39 is 17.3 Å². The Balaban J connectivity index is 1.57. The number of hydrogen-bond donors (Lipinski definition) is 1. The second-order valence-electron chi connectivity index (χ2n) is 7.26. The van der Waals surface area contributed by atoms with Crippen LogP contribution >= 0.6 is 11.8 Å². The van der Waals surface area contributed by atoms with Gasteiger partial charge in [-0.25, -0.2) is 0 Å². The molecule has 0 saturated heterocycles. The topological polar surface area (TPSA) is 59.8 Å². The van der Waals surface area contributed by atoms with E-state index in [1.165, 1.54) is 32.7 Å². The molecule has 2 aliphatic carbocycles. The lowest BCUT2D eigenvalue weighted by atomic mass is 9.84. The van der Waals surface area contributed by atoms with E-state index in [4.69, 9.17) is 0 Å². The van der Waals surface area contributed by atoms with Gasteiger partial charge in [0.15, 0.2) is 5.16 Å². The van der Waals surface area contributed by atoms with E-state index in [2.05, 4.69) is 15.5 Å². The summed E-state index contributed by atoms with van der Waals surface area (Å²) in [7, 11) is 1.26. The molecular formula is C16H23F3N4OS. The van der Waals surface area contributed by atoms with Gasteiger partial charge in [0.05, 0.1) is 5.25 Å². The van der Waals surface area contributed by atoms with Crippen LogP contribution in [0.15, 0.2) is 5.16 Å². The summed E-state index contributed by atoms with van der Waals surface area (Å²) < 4.78 is 39.2. The number of rotatable bonds is 5. The molecule has 5 unspecified atom stereocenters. The van der Waals surface area contributed by atoms with Gasteiger partial charge in [0, 0.05) is 13.1 Å². The molecule has 0 aliphatic heterocycles. The molecule has 1 amide bonds. The molecule has 3 rings (SSSR count). The number of carbonyl (C=O) groups excluding carboxylic acids is 1. The third-order valence-electron chi connectivity index (χ3n) is 5.54. The second kappa shape index (κ2) is 6.81. The third kappa shape index (κ3) is 3.80. The fraction of sp³-hybridized carbons (Fsp3) is 0.812. The predicted molar refractivity (Wildman–Crippen MR) is 87.9 cm³/mol. The van der Waals surface area contributed by atoms with Crippen molar-refractivity contribution in [2.75, 3.05) is 0 Å². The van der Waals surface area contributed by atoms with E-state index in [0.717, 1.165) is 22.2 Å². The zero-order valence-electron chi connectivity index (χ0n) is 14.5. The van der Waals surface area contributed by atoms with Crippen molar-refractivity contribution >= 4 is 17.7 Å². The smallest absolute Gasteiger partial charge is 0.352 e. The van der Waals surface area contributed by atoms with Gasteiger partial charge in [0.25, 0.3) is 0 Å². The van der Waals surface area contributed by atoms with Crippen molar-refractivity contribution in [3.05, 3.63) is 5.82 Å². The summed E-state index contributed by atoms with van der Waals surface area (Å²) in [6.07, 6.45) is 0.448. The van der Waals surface area contributed by atoms with Gasteiger partial charge in [0.1, 0.15) is 0 Å². The van der Waals surface area contributed by atoms with Crippen LogP contribution in [0, 0.1) is 17.8 Å². The standard InChI is InChI=1S/C16H23F3N4OS/c1-8(12-7-10-4-5-11(12)6-10)20-13(24)9(2)25-15-22-21-14(23(15)3)16(17,18)19/h8-12H,4-7H2,1-3H3,(H,20,24). The van der Waals surface area contributed by atoms with Crippen molar-refractivity contribution in [3.8, 4) is 0 Å². The number of halogens is 3. The summed E-state index contributed by atoms with van der Waals surface area (Å²) in [5.74, 6) is 0.804. The van der Waals surface area contributed by atoms with Gasteiger partial charge < -0.3 is 9.88 Å². The molecule has 0 aromatic carbocycles. The largest absolute Gasteiger partial charge is 0.451 e. The van der Waals surface area contributed by atoms with Gasteiger partial charge in [-0.1, -0.05) is 18.2 Å². The van der Waals surface area contributed by atoms with Gasteiger partial charge in [-0.2, -0.15) is 13.2 Å². The third-order valence-corrected chi connectivity index (χ3v) is 6.68. The molecule has 2 bridgehead atoms. The average Bonchev–Trinajstić information content (AvgIpc) is 3.22. The molecule has 1 aromatic heterocycles. The molecule has 1 N–H and O–H groups in total. The number of hydrogen-bond acceptors (Lipinski definition) is 4. The monoisotopic (exact) mass is 376 g/mol. The van der Waals surface area contributed by atoms with Gasteiger partial charge in [-0.3, -0.25) is 4.79 Å². The normalized spacial score (nSPS) is 28.2. The summed E-state index contributed by atoms with van der Waals surface area (Å²) in [6, 6.07) is 0.0936. The minimum atomic E-state index is -4.55. The minimum Gasteiger partial charge on any atom is -0.352 e. The maximum Gasteiger partial charge on any atom is 0.451 e. The first-order valence-corrected chi connectivity index (χ1v) is 9.48. The fourth-order valence-electron chi connectivity index (χ4n) is 4.23. The first kappa shape index (κ1) is 18.5. The highest BCUT2D eigenvalue weighted by Gasteiger charge is 2.42. The quantitative estimate of drug-likeness (QED) is 0.802. The Hall–Kier alpha value is -1.25. The van der Waals surface area contributed by atoms with Crippen LogP contribution in [-0.4, -0.2) is 32.0 Å². The lowest BCUT2D eigenvalue weighted by Gasteiger charge is -2.29. The number of amides is 1. The zero-order valence-corrected chi connectivity index (χ0v) is 15.3. The molecule has 140 valence electrons. The van der Waals surface area contributed by atoms with Gasteiger partial charge >= 0.3 is 6.18 Å². The van der Waals surface area contributed by atoms with Crippen molar-refractivity contribution in [3.63, 3.8) is 0 Å². The van der Waals surface area contributed by atoms with E-state index in [9.17, 15) is 18.0 Å². The Bertz CT molecular complexity index is 648. The molecule has 0 spiro atoms. The molecular weight excluding hydrogens is 353 g/mol. The summed E-state index contributed by atoms with van der Waals surface area (Å²) in [4.78, 5) is 12.4. The lowest BCUT2D eigenvalue weighted by Crippen LogP contribution is -2.43. The summed E-state index contributed by atoms with van der Waals surface area (Å²) in [6.45, 7) is 3.71. The highest BCUT2D eigenvalue weighted by molar-refractivity contribution is 8.00. The van der Waals surface area contributed by atoms with Crippen LogP contribution in [0.25, 0.3) is 0 Å². The molecule has 1 aromatic rings. The van der Waals surface area contributed by atoms with E-state index in [0.29, 0.717) is 11.8 Å². The number of aromatic nitrogens is 3. The van der Waals surface area contributed by atoms with Crippen LogP contribution in [-0.2, 0) is 18.0 Å². The minimum absolute atomic E-state index is 0.0857. The maximum atomic E-state index is 12.8. The highest BCUT2D eigenvalue weighted by atomic mass is 32.2. The first-order valence-electron chi connectivity index (χ1n) is 8.60. The van der Waals surface area contributed by atoms with Crippen LogP contribution in [0.1, 0.15) is 45.4 Å². The molecule has 5 atom stereocenters. The Morgan fingerprint density at radius 2 is 2.00 bits per heavy atom. The molecule has 1 heterocycles. The van der Waals surface area contributed by atoms with Crippen LogP contribution in [0.4, 0.5) is 13.2 Å². The summed E-state index contributed by atoms with van der Waals surface area (Å²) >= 11 is 0.992. The molecule has 25 heavy (non-hydrogen) atoms. The van der Waals surface area contributed by atoms with Crippen molar-refractivity contribution < 1.29 is 18.0 Å². The number of nitrogens with zero attached hydrogens (tertiary/aromatic N) is 3. The SMILES string of the molecule is CC(Sc1nnc(C(F)(F)F)n1C)C(=O)NC(C)C1CC2CCC1C2. The van der Waals surface area contributed by atoms with Gasteiger partial charge in [-0.05, 0) is 50.9 Å². The van der Waals surface area contributed by atoms with Crippen LogP contribution in [0.5, 0.6) is 0 Å². The molecule has 5 nitrogen and oxygen atoms in total. The van der Waals surface area contributed by atoms with Crippen molar-refractivity contribution in [1.29, 1.82) is 0 Å². The van der Waals surface area contributed by atoms with Gasteiger partial charge in [0.2, 0.25) is 11.7 Å². The lowest BCUT2D eigenvalue weighted by molar-refractivity contribution is -0.147. The fourth-order valence-corrected chi connectivity index (χ4v) is 5.05. The Morgan fingerprint density at radius 3 is 2.52 bits per heavy atom. The number of fused-ring (bicyclic) bond motifs is 2. The second-order valence-corrected chi connectivity index (χ2v) is 8.57. The number of nitrogens with one attached hydrogen (secondary N) is 1. The van der Waals surface area contributed by atoms with Crippen molar-refractivity contribution in [2.24, 2.45) is 24.8 Å². The van der Waals surface area contributed by atoms with E-state index in [-0.39, 0.29) is 17.1 Å². The highest BCUT2D eigenvalue weighted by Crippen LogP contribution is 2.49. The molecule has 9 heteroatoms. The van der Waals surface area contributed by atoms with Crippen LogP contribution in [0.2, 0.25) is 0 Å². The van der Waals surface area contributed by atoms with Crippen molar-refractivity contribution in [1.82, 2.24) is 20.1 Å². The Kier molecular flexibility index (Phi) is 5.05. The van der Waals surface area contributed by atoms with Crippen LogP contribution in [0.3, 0.4) is 0 Å². The van der Waals surface area contributed by atoms with Gasteiger partial charge in [-0.15, -0.1) is 10.2 Å². The molecule has 0 radical (unpaired) electrons. The van der Waals surface area contributed by atoms with Crippen molar-refractivity contribution in [2.45, 2.75) is 62.2 Å². The average molecular weight is 376 g/mol. The van der Waals surface area contributed by atoms with E-state index in [1.807, 2.05) is 6.92 Å². The molecule has 2 aliphatic rings. The Labute approximate surface area is 149 Å². The van der Waals surface area contributed by atoms with Crippen LogP contribution < -0.4 is 5.32 Å². The molecule has 2 fully saturated rings. The van der Waals surface area contributed by atoms with E-state index in [1.54, 1.807) is 6.92 Å². The summed E-state index contributed by atoms with van der Waals surface area (Å²) in [5, 5.41) is 9.35. The number of thioether (sulfide) groups is 1.